The molecule has 0 unspecified atom stereocenters. The highest BCUT2D eigenvalue weighted by Gasteiger charge is 2.36. The van der Waals surface area contributed by atoms with E-state index in [9.17, 15) is 9.18 Å². The molecule has 0 spiro atoms. The van der Waals surface area contributed by atoms with E-state index in [-0.39, 0.29) is 23.7 Å². The number of nitrogens with one attached hydrogen (secondary N) is 1. The zero-order chi connectivity index (χ0) is 26.1. The summed E-state index contributed by atoms with van der Waals surface area (Å²) in [5.41, 5.74) is 2.13. The molecule has 3 heterocycles. The van der Waals surface area contributed by atoms with E-state index in [0.717, 1.165) is 5.39 Å². The largest absolute Gasteiger partial charge is 0.492 e. The van der Waals surface area contributed by atoms with E-state index in [1.54, 1.807) is 47.3 Å². The molecule has 0 saturated heterocycles. The number of hydrogen-bond acceptors (Lipinski definition) is 6. The van der Waals surface area contributed by atoms with Crippen molar-refractivity contribution >= 4 is 16.8 Å². The highest BCUT2D eigenvalue weighted by Crippen LogP contribution is 2.39. The van der Waals surface area contributed by atoms with Gasteiger partial charge in [0.2, 0.25) is 0 Å². The van der Waals surface area contributed by atoms with E-state index in [2.05, 4.69) is 25.5 Å². The van der Waals surface area contributed by atoms with E-state index in [1.165, 1.54) is 6.07 Å². The van der Waals surface area contributed by atoms with Crippen LogP contribution in [0.5, 0.6) is 5.75 Å². The predicted molar refractivity (Wildman–Crippen MR) is 141 cm³/mol. The number of halogens is 1. The van der Waals surface area contributed by atoms with Gasteiger partial charge in [0, 0.05) is 23.5 Å². The van der Waals surface area contributed by atoms with Gasteiger partial charge >= 0.3 is 0 Å². The van der Waals surface area contributed by atoms with Crippen LogP contribution in [0.15, 0.2) is 79.1 Å². The summed E-state index contributed by atoms with van der Waals surface area (Å²) in [7, 11) is 0. The first-order valence-corrected chi connectivity index (χ1v) is 12.6. The fourth-order valence-electron chi connectivity index (χ4n) is 4.86. The van der Waals surface area contributed by atoms with Crippen molar-refractivity contribution in [3.8, 4) is 23.0 Å². The molecule has 190 valence electrons. The van der Waals surface area contributed by atoms with Gasteiger partial charge in [-0.15, -0.1) is 10.2 Å². The third kappa shape index (κ3) is 4.36. The highest BCUT2D eigenvalue weighted by molar-refractivity contribution is 6.05. The average Bonchev–Trinajstić information content (AvgIpc) is 3.35. The summed E-state index contributed by atoms with van der Waals surface area (Å²) in [5, 5.41) is 12.9. The Morgan fingerprint density at radius 1 is 1.03 bits per heavy atom. The van der Waals surface area contributed by atoms with Gasteiger partial charge < -0.3 is 10.1 Å². The van der Waals surface area contributed by atoms with Crippen LogP contribution in [0.3, 0.4) is 0 Å². The minimum atomic E-state index is -0.381. The van der Waals surface area contributed by atoms with Gasteiger partial charge in [-0.1, -0.05) is 30.3 Å². The van der Waals surface area contributed by atoms with Crippen LogP contribution in [0.2, 0.25) is 0 Å². The Labute approximate surface area is 218 Å². The third-order valence-corrected chi connectivity index (χ3v) is 6.77. The van der Waals surface area contributed by atoms with Crippen LogP contribution in [0.4, 0.5) is 4.39 Å². The first kappa shape index (κ1) is 23.7. The van der Waals surface area contributed by atoms with Crippen molar-refractivity contribution in [1.29, 1.82) is 0 Å². The molecule has 1 aliphatic carbocycles. The number of benzene rings is 2. The van der Waals surface area contributed by atoms with Crippen LogP contribution in [-0.4, -0.2) is 43.3 Å². The summed E-state index contributed by atoms with van der Waals surface area (Å²) in [6, 6.07) is 19.5. The van der Waals surface area contributed by atoms with Gasteiger partial charge in [-0.25, -0.2) is 9.37 Å². The maximum absolute atomic E-state index is 15.0. The number of ether oxygens (including phenoxy) is 1. The Hall–Kier alpha value is -4.66. The third-order valence-electron chi connectivity index (χ3n) is 6.77. The maximum atomic E-state index is 15.0. The molecular formula is C29H25FN6O2. The number of hydrogen-bond donors (Lipinski definition) is 1. The molecule has 0 atom stereocenters. The Morgan fingerprint density at radius 2 is 1.87 bits per heavy atom. The molecule has 0 radical (unpaired) electrons. The summed E-state index contributed by atoms with van der Waals surface area (Å²) >= 11 is 0. The van der Waals surface area contributed by atoms with Gasteiger partial charge in [0.1, 0.15) is 23.1 Å². The van der Waals surface area contributed by atoms with Gasteiger partial charge in [-0.05, 0) is 56.2 Å². The molecule has 1 aliphatic rings. The van der Waals surface area contributed by atoms with Crippen molar-refractivity contribution in [3.05, 3.63) is 96.3 Å². The Bertz CT molecular complexity index is 1610. The maximum Gasteiger partial charge on any atom is 0.253 e. The SMILES string of the molecule is CCOc1ccc(-c2nnc(C3CC(NC(=O)c4cccc5cccnc45)C3)n2-c2ccccc2F)nc1. The zero-order valence-corrected chi connectivity index (χ0v) is 20.7. The topological polar surface area (TPSA) is 94.8 Å². The van der Waals surface area contributed by atoms with Crippen molar-refractivity contribution in [2.45, 2.75) is 31.7 Å². The van der Waals surface area contributed by atoms with Crippen molar-refractivity contribution in [1.82, 2.24) is 30.0 Å². The Kier molecular flexibility index (Phi) is 6.25. The molecule has 8 nitrogen and oxygen atoms in total. The van der Waals surface area contributed by atoms with E-state index >= 15 is 0 Å². The molecule has 6 rings (SSSR count). The number of nitrogens with zero attached hydrogens (tertiary/aromatic N) is 5. The van der Waals surface area contributed by atoms with E-state index in [1.807, 2.05) is 37.3 Å². The highest BCUT2D eigenvalue weighted by atomic mass is 19.1. The Morgan fingerprint density at radius 3 is 2.66 bits per heavy atom. The lowest BCUT2D eigenvalue weighted by Crippen LogP contribution is -2.44. The van der Waals surface area contributed by atoms with Gasteiger partial charge in [-0.3, -0.25) is 14.3 Å². The molecule has 38 heavy (non-hydrogen) atoms. The van der Waals surface area contributed by atoms with Crippen LogP contribution in [-0.2, 0) is 0 Å². The summed E-state index contributed by atoms with van der Waals surface area (Å²) in [5.74, 6) is 1.18. The molecule has 1 fully saturated rings. The lowest BCUT2D eigenvalue weighted by molar-refractivity contribution is 0.0908. The van der Waals surface area contributed by atoms with Gasteiger partial charge in [-0.2, -0.15) is 0 Å². The predicted octanol–water partition coefficient (Wildman–Crippen LogP) is 5.09. The number of carbonyl (C=O) groups excluding carboxylic acids is 1. The molecular weight excluding hydrogens is 483 g/mol. The smallest absolute Gasteiger partial charge is 0.253 e. The molecule has 9 heteroatoms. The Balaban J connectivity index is 1.25. The second-order valence-corrected chi connectivity index (χ2v) is 9.20. The van der Waals surface area contributed by atoms with E-state index in [4.69, 9.17) is 4.74 Å². The molecule has 2 aromatic carbocycles. The number of para-hydroxylation sites is 2. The van der Waals surface area contributed by atoms with Crippen LogP contribution in [0.25, 0.3) is 28.1 Å². The molecule has 3 aromatic heterocycles. The fourth-order valence-corrected chi connectivity index (χ4v) is 4.86. The summed E-state index contributed by atoms with van der Waals surface area (Å²) in [6.07, 6.45) is 4.63. The normalized spacial score (nSPS) is 16.7. The van der Waals surface area contributed by atoms with Crippen molar-refractivity contribution < 1.29 is 13.9 Å². The van der Waals surface area contributed by atoms with Crippen LogP contribution < -0.4 is 10.1 Å². The summed E-state index contributed by atoms with van der Waals surface area (Å²) < 4.78 is 22.2. The molecule has 5 aromatic rings. The molecule has 1 N–H and O–H groups in total. The quantitative estimate of drug-likeness (QED) is 0.329. The second-order valence-electron chi connectivity index (χ2n) is 9.20. The molecule has 0 aliphatic heterocycles. The first-order chi connectivity index (χ1) is 18.6. The number of carbonyl (C=O) groups is 1. The summed E-state index contributed by atoms with van der Waals surface area (Å²) in [4.78, 5) is 21.9. The van der Waals surface area contributed by atoms with Crippen molar-refractivity contribution in [3.63, 3.8) is 0 Å². The number of pyridine rings is 2. The standard InChI is InChI=1S/C29H25FN6O2/c1-2-38-21-12-13-24(32-17-21)28-35-34-27(36(28)25-11-4-3-10-23(25)30)19-15-20(16-19)33-29(37)22-9-5-7-18-8-6-14-31-26(18)22/h3-14,17,19-20H,2,15-16H2,1H3,(H,33,37). The van der Waals surface area contributed by atoms with Gasteiger partial charge in [0.25, 0.3) is 5.91 Å². The molecule has 1 amide bonds. The van der Waals surface area contributed by atoms with Crippen LogP contribution in [0.1, 0.15) is 41.9 Å². The molecule has 0 bridgehead atoms. The van der Waals surface area contributed by atoms with Crippen molar-refractivity contribution in [2.24, 2.45) is 0 Å². The van der Waals surface area contributed by atoms with Crippen molar-refractivity contribution in [2.75, 3.05) is 6.61 Å². The van der Waals surface area contributed by atoms with E-state index in [0.29, 0.717) is 59.3 Å². The number of fused-ring (bicyclic) bond motifs is 1. The zero-order valence-electron chi connectivity index (χ0n) is 20.7. The number of amides is 1. The van der Waals surface area contributed by atoms with Crippen LogP contribution >= 0.6 is 0 Å². The second kappa shape index (κ2) is 10.0. The minimum Gasteiger partial charge on any atom is -0.492 e. The van der Waals surface area contributed by atoms with Gasteiger partial charge in [0.05, 0.1) is 29.6 Å². The lowest BCUT2D eigenvalue weighted by Gasteiger charge is -2.35. The number of aromatic nitrogens is 5. The van der Waals surface area contributed by atoms with Crippen LogP contribution in [0, 0.1) is 5.82 Å². The monoisotopic (exact) mass is 508 g/mol. The number of rotatable bonds is 7. The first-order valence-electron chi connectivity index (χ1n) is 12.6. The van der Waals surface area contributed by atoms with E-state index < -0.39 is 0 Å². The molecule has 1 saturated carbocycles. The minimum absolute atomic E-state index is 0.00510. The average molecular weight is 509 g/mol. The summed E-state index contributed by atoms with van der Waals surface area (Å²) in [6.45, 7) is 2.44. The van der Waals surface area contributed by atoms with Gasteiger partial charge in [0.15, 0.2) is 5.82 Å². The fraction of sp³-hybridized carbons (Fsp3) is 0.207. The lowest BCUT2D eigenvalue weighted by atomic mass is 9.79.